The molecule has 5 heteroatoms. The van der Waals surface area contributed by atoms with E-state index in [1.165, 1.54) is 0 Å². The molecule has 1 amide bonds. The summed E-state index contributed by atoms with van der Waals surface area (Å²) in [6.07, 6.45) is 0. The molecule has 15 heavy (non-hydrogen) atoms. The average Bonchev–Trinajstić information content (AvgIpc) is 2.20. The van der Waals surface area contributed by atoms with Crippen molar-refractivity contribution in [2.45, 2.75) is 0 Å². The van der Waals surface area contributed by atoms with E-state index in [9.17, 15) is 4.79 Å². The number of hydrogen-bond acceptors (Lipinski definition) is 3. The summed E-state index contributed by atoms with van der Waals surface area (Å²) in [6.45, 7) is 1.23. The van der Waals surface area contributed by atoms with Gasteiger partial charge in [0.1, 0.15) is 12.4 Å². The molecule has 0 saturated heterocycles. The summed E-state index contributed by atoms with van der Waals surface area (Å²) < 4.78 is 5.37. The monoisotopic (exact) mass is 228 g/mol. The number of ether oxygens (including phenoxy) is 1. The maximum atomic E-state index is 10.4. The standard InChI is InChI=1S/C10H13ClN2O2/c11-8-1-3-9(4-2-8)15-6-5-13-7-10(12)14/h1-4,13H,5-7H2,(H2,12,14). The summed E-state index contributed by atoms with van der Waals surface area (Å²) in [5.41, 5.74) is 4.95. The molecule has 1 aromatic rings. The minimum atomic E-state index is -0.374. The third-order valence-electron chi connectivity index (χ3n) is 1.66. The lowest BCUT2D eigenvalue weighted by Crippen LogP contribution is -2.31. The minimum absolute atomic E-state index is 0.171. The SMILES string of the molecule is NC(=O)CNCCOc1ccc(Cl)cc1. The van der Waals surface area contributed by atoms with Crippen molar-refractivity contribution in [1.82, 2.24) is 5.32 Å². The van der Waals surface area contributed by atoms with Crippen LogP contribution in [0, 0.1) is 0 Å². The fourth-order valence-corrected chi connectivity index (χ4v) is 1.11. The highest BCUT2D eigenvalue weighted by atomic mass is 35.5. The summed E-state index contributed by atoms with van der Waals surface area (Å²) in [7, 11) is 0. The molecule has 0 radical (unpaired) electrons. The van der Waals surface area contributed by atoms with E-state index >= 15 is 0 Å². The number of benzene rings is 1. The molecule has 1 aromatic carbocycles. The van der Waals surface area contributed by atoms with Gasteiger partial charge in [-0.25, -0.2) is 0 Å². The molecule has 0 bridgehead atoms. The molecule has 0 atom stereocenters. The van der Waals surface area contributed by atoms with E-state index in [0.717, 1.165) is 5.75 Å². The van der Waals surface area contributed by atoms with Gasteiger partial charge in [-0.2, -0.15) is 0 Å². The summed E-state index contributed by atoms with van der Waals surface area (Å²) in [4.78, 5) is 10.4. The van der Waals surface area contributed by atoms with E-state index in [1.807, 2.05) is 0 Å². The van der Waals surface area contributed by atoms with Crippen LogP contribution < -0.4 is 15.8 Å². The smallest absolute Gasteiger partial charge is 0.231 e. The molecule has 0 aliphatic carbocycles. The zero-order valence-corrected chi connectivity index (χ0v) is 8.96. The number of nitrogens with one attached hydrogen (secondary N) is 1. The van der Waals surface area contributed by atoms with Crippen molar-refractivity contribution in [3.63, 3.8) is 0 Å². The van der Waals surface area contributed by atoms with Gasteiger partial charge in [-0.05, 0) is 24.3 Å². The van der Waals surface area contributed by atoms with Gasteiger partial charge in [0.25, 0.3) is 0 Å². The first-order chi connectivity index (χ1) is 7.18. The Balaban J connectivity index is 2.15. The lowest BCUT2D eigenvalue weighted by Gasteiger charge is -2.06. The van der Waals surface area contributed by atoms with Crippen LogP contribution in [0.1, 0.15) is 0 Å². The van der Waals surface area contributed by atoms with Crippen LogP contribution in [0.3, 0.4) is 0 Å². The molecule has 1 rings (SSSR count). The molecule has 0 unspecified atom stereocenters. The highest BCUT2D eigenvalue weighted by Crippen LogP contribution is 2.14. The van der Waals surface area contributed by atoms with Gasteiger partial charge in [0.05, 0.1) is 6.54 Å². The van der Waals surface area contributed by atoms with Crippen LogP contribution in [0.25, 0.3) is 0 Å². The normalized spacial score (nSPS) is 9.93. The molecule has 0 fully saturated rings. The van der Waals surface area contributed by atoms with Crippen molar-refractivity contribution in [1.29, 1.82) is 0 Å². The quantitative estimate of drug-likeness (QED) is 0.708. The summed E-state index contributed by atoms with van der Waals surface area (Å²) in [6, 6.07) is 7.09. The van der Waals surface area contributed by atoms with Crippen molar-refractivity contribution >= 4 is 17.5 Å². The first-order valence-corrected chi connectivity index (χ1v) is 4.93. The van der Waals surface area contributed by atoms with Gasteiger partial charge in [0.2, 0.25) is 5.91 Å². The van der Waals surface area contributed by atoms with Crippen molar-refractivity contribution in [3.8, 4) is 5.75 Å². The van der Waals surface area contributed by atoms with Gasteiger partial charge in [-0.1, -0.05) is 11.6 Å². The lowest BCUT2D eigenvalue weighted by molar-refractivity contribution is -0.117. The predicted octanol–water partition coefficient (Wildman–Crippen LogP) is 0.794. The first kappa shape index (κ1) is 11.8. The molecule has 82 valence electrons. The number of nitrogens with two attached hydrogens (primary N) is 1. The van der Waals surface area contributed by atoms with Gasteiger partial charge in [0.15, 0.2) is 0 Å². The zero-order chi connectivity index (χ0) is 11.1. The van der Waals surface area contributed by atoms with Gasteiger partial charge in [0, 0.05) is 11.6 Å². The molecule has 0 aromatic heterocycles. The molecule has 0 heterocycles. The maximum Gasteiger partial charge on any atom is 0.231 e. The fraction of sp³-hybridized carbons (Fsp3) is 0.300. The van der Waals surface area contributed by atoms with Crippen molar-refractivity contribution < 1.29 is 9.53 Å². The molecule has 0 aliphatic heterocycles. The van der Waals surface area contributed by atoms with E-state index in [1.54, 1.807) is 24.3 Å². The number of carbonyl (C=O) groups excluding carboxylic acids is 1. The van der Waals surface area contributed by atoms with E-state index < -0.39 is 0 Å². The van der Waals surface area contributed by atoms with Crippen LogP contribution in [0.4, 0.5) is 0 Å². The Kier molecular flexibility index (Phi) is 4.93. The highest BCUT2D eigenvalue weighted by molar-refractivity contribution is 6.30. The Morgan fingerprint density at radius 3 is 2.67 bits per heavy atom. The summed E-state index contributed by atoms with van der Waals surface area (Å²) in [5.74, 6) is 0.377. The Morgan fingerprint density at radius 1 is 1.40 bits per heavy atom. The fourth-order valence-electron chi connectivity index (χ4n) is 0.983. The third kappa shape index (κ3) is 5.24. The largest absolute Gasteiger partial charge is 0.492 e. The molecule has 0 spiro atoms. The second kappa shape index (κ2) is 6.27. The predicted molar refractivity (Wildman–Crippen MR) is 59.0 cm³/mol. The molecular weight excluding hydrogens is 216 g/mol. The number of rotatable bonds is 6. The maximum absolute atomic E-state index is 10.4. The molecular formula is C10H13ClN2O2. The van der Waals surface area contributed by atoms with Crippen molar-refractivity contribution in [2.24, 2.45) is 5.73 Å². The van der Waals surface area contributed by atoms with Crippen molar-refractivity contribution in [3.05, 3.63) is 29.3 Å². The van der Waals surface area contributed by atoms with Crippen LogP contribution in [-0.2, 0) is 4.79 Å². The van der Waals surface area contributed by atoms with Crippen LogP contribution in [0.5, 0.6) is 5.75 Å². The summed E-state index contributed by atoms with van der Waals surface area (Å²) >= 11 is 5.71. The summed E-state index contributed by atoms with van der Waals surface area (Å²) in [5, 5.41) is 3.52. The Labute approximate surface area is 93.4 Å². The zero-order valence-electron chi connectivity index (χ0n) is 8.20. The Bertz CT molecular complexity index is 314. The van der Waals surface area contributed by atoms with E-state index in [4.69, 9.17) is 22.1 Å². The number of amides is 1. The Hall–Kier alpha value is -1.26. The molecule has 0 saturated carbocycles. The second-order valence-electron chi connectivity index (χ2n) is 2.95. The van der Waals surface area contributed by atoms with Gasteiger partial charge < -0.3 is 15.8 Å². The second-order valence-corrected chi connectivity index (χ2v) is 3.38. The first-order valence-electron chi connectivity index (χ1n) is 4.56. The van der Waals surface area contributed by atoms with Gasteiger partial charge in [-0.3, -0.25) is 4.79 Å². The minimum Gasteiger partial charge on any atom is -0.492 e. The lowest BCUT2D eigenvalue weighted by atomic mass is 10.3. The number of carbonyl (C=O) groups is 1. The topological polar surface area (TPSA) is 64.4 Å². The number of halogens is 1. The average molecular weight is 229 g/mol. The number of primary amides is 1. The molecule has 4 nitrogen and oxygen atoms in total. The van der Waals surface area contributed by atoms with Gasteiger partial charge >= 0.3 is 0 Å². The van der Waals surface area contributed by atoms with Gasteiger partial charge in [-0.15, -0.1) is 0 Å². The number of hydrogen-bond donors (Lipinski definition) is 2. The van der Waals surface area contributed by atoms with E-state index in [2.05, 4.69) is 5.32 Å². The third-order valence-corrected chi connectivity index (χ3v) is 1.91. The highest BCUT2D eigenvalue weighted by Gasteiger charge is 1.95. The molecule has 3 N–H and O–H groups in total. The Morgan fingerprint density at radius 2 is 2.07 bits per heavy atom. The van der Waals surface area contributed by atoms with Crippen LogP contribution in [0.15, 0.2) is 24.3 Å². The molecule has 0 aliphatic rings. The van der Waals surface area contributed by atoms with Crippen molar-refractivity contribution in [2.75, 3.05) is 19.7 Å². The van der Waals surface area contributed by atoms with Crippen LogP contribution in [-0.4, -0.2) is 25.6 Å². The van der Waals surface area contributed by atoms with E-state index in [0.29, 0.717) is 18.2 Å². The van der Waals surface area contributed by atoms with Crippen LogP contribution in [0.2, 0.25) is 5.02 Å². The van der Waals surface area contributed by atoms with Crippen LogP contribution >= 0.6 is 11.6 Å². The van der Waals surface area contributed by atoms with E-state index in [-0.39, 0.29) is 12.5 Å².